The lowest BCUT2D eigenvalue weighted by Gasteiger charge is -2.33. The Kier molecular flexibility index (Phi) is 7.66. The number of amides is 1. The lowest BCUT2D eigenvalue weighted by Crippen LogP contribution is -2.52. The number of hydrogen-bond donors (Lipinski definition) is 1. The number of fused-ring (bicyclic) bond motifs is 1. The van der Waals surface area contributed by atoms with E-state index < -0.39 is 17.2 Å². The first-order chi connectivity index (χ1) is 15.8. The molecule has 2 aromatic heterocycles. The Hall–Kier alpha value is -2.93. The number of aromatic nitrogens is 2. The van der Waals surface area contributed by atoms with Crippen LogP contribution in [0.5, 0.6) is 5.88 Å². The maximum atomic E-state index is 13.6. The lowest BCUT2D eigenvalue weighted by atomic mass is 9.91. The highest BCUT2D eigenvalue weighted by atomic mass is 35.5. The number of nitrogens with one attached hydrogen (secondary N) is 1. The second-order valence-electron chi connectivity index (χ2n) is 10.1. The lowest BCUT2D eigenvalue weighted by molar-refractivity contribution is 0.0406. The van der Waals surface area contributed by atoms with Crippen molar-refractivity contribution >= 4 is 28.6 Å². The molecule has 0 aliphatic rings. The third-order valence-electron chi connectivity index (χ3n) is 5.01. The van der Waals surface area contributed by atoms with Crippen LogP contribution in [0.2, 0.25) is 5.02 Å². The largest absolute Gasteiger partial charge is 0.474 e. The van der Waals surface area contributed by atoms with Gasteiger partial charge in [-0.1, -0.05) is 25.4 Å². The van der Waals surface area contributed by atoms with Crippen molar-refractivity contribution < 1.29 is 18.7 Å². The molecule has 0 aliphatic heterocycles. The van der Waals surface area contributed by atoms with Gasteiger partial charge in [0.25, 0.3) is 0 Å². The number of benzene rings is 1. The average Bonchev–Trinajstić information content (AvgIpc) is 2.70. The van der Waals surface area contributed by atoms with Crippen molar-refractivity contribution in [3.05, 3.63) is 53.6 Å². The van der Waals surface area contributed by atoms with Crippen LogP contribution in [0.4, 0.5) is 9.18 Å². The minimum atomic E-state index is -0.689. The smallest absolute Gasteiger partial charge is 0.408 e. The standard InChI is InChI=1S/C26H31ClFN3O3/c1-16(2)13-26(6,31-24(32)34-25(3,4)5)15-33-23-21(27)11-17(14-30-23)19-9-10-29-22-12-18(28)7-8-20(19)22/h7-12,14,16H,13,15H2,1-6H3,(H,31,32)/t26-/m0/s1. The van der Waals surface area contributed by atoms with Crippen molar-refractivity contribution in [2.75, 3.05) is 6.61 Å². The zero-order valence-electron chi connectivity index (χ0n) is 20.4. The second-order valence-corrected chi connectivity index (χ2v) is 10.5. The summed E-state index contributed by atoms with van der Waals surface area (Å²) in [7, 11) is 0. The van der Waals surface area contributed by atoms with Crippen molar-refractivity contribution in [2.45, 2.75) is 59.1 Å². The monoisotopic (exact) mass is 487 g/mol. The zero-order chi connectivity index (χ0) is 25.1. The molecule has 8 heteroatoms. The predicted octanol–water partition coefficient (Wildman–Crippen LogP) is 6.80. The van der Waals surface area contributed by atoms with E-state index in [1.54, 1.807) is 24.5 Å². The SMILES string of the molecule is CC(C)C[C@@](C)(COc1ncc(-c2ccnc3cc(F)ccc23)cc1Cl)NC(=O)OC(C)(C)C. The molecule has 1 aromatic carbocycles. The summed E-state index contributed by atoms with van der Waals surface area (Å²) in [5, 5.41) is 4.06. The molecule has 0 bridgehead atoms. The first-order valence-electron chi connectivity index (χ1n) is 11.2. The van der Waals surface area contributed by atoms with Gasteiger partial charge in [0.15, 0.2) is 0 Å². The first-order valence-corrected chi connectivity index (χ1v) is 11.6. The van der Waals surface area contributed by atoms with Gasteiger partial charge in [-0.2, -0.15) is 0 Å². The fraction of sp³-hybridized carbons (Fsp3) is 0.423. The summed E-state index contributed by atoms with van der Waals surface area (Å²) in [6.07, 6.45) is 3.44. The van der Waals surface area contributed by atoms with E-state index in [0.717, 1.165) is 16.5 Å². The Morgan fingerprint density at radius 1 is 1.15 bits per heavy atom. The summed E-state index contributed by atoms with van der Waals surface area (Å²) in [5.41, 5.74) is 0.848. The quantitative estimate of drug-likeness (QED) is 0.396. The molecular formula is C26H31ClFN3O3. The molecular weight excluding hydrogens is 457 g/mol. The van der Waals surface area contributed by atoms with E-state index in [9.17, 15) is 9.18 Å². The van der Waals surface area contributed by atoms with Gasteiger partial charge in [-0.05, 0) is 69.9 Å². The van der Waals surface area contributed by atoms with Crippen LogP contribution < -0.4 is 10.1 Å². The van der Waals surface area contributed by atoms with Crippen LogP contribution >= 0.6 is 11.6 Å². The summed E-state index contributed by atoms with van der Waals surface area (Å²) in [4.78, 5) is 21.0. The molecule has 0 radical (unpaired) electrons. The molecule has 0 unspecified atom stereocenters. The normalized spacial score (nSPS) is 13.6. The summed E-state index contributed by atoms with van der Waals surface area (Å²) in [5.74, 6) is 0.219. The molecule has 1 N–H and O–H groups in total. The van der Waals surface area contributed by atoms with Gasteiger partial charge in [-0.3, -0.25) is 4.98 Å². The van der Waals surface area contributed by atoms with Gasteiger partial charge in [0.05, 0.1) is 11.1 Å². The van der Waals surface area contributed by atoms with Crippen LogP contribution in [-0.4, -0.2) is 33.8 Å². The minimum Gasteiger partial charge on any atom is -0.474 e. The number of carbonyl (C=O) groups is 1. The average molecular weight is 488 g/mol. The van der Waals surface area contributed by atoms with Gasteiger partial charge in [0.1, 0.15) is 23.0 Å². The third kappa shape index (κ3) is 6.79. The number of halogens is 2. The molecule has 3 rings (SSSR count). The number of rotatable bonds is 7. The molecule has 0 spiro atoms. The first kappa shape index (κ1) is 25.7. The molecule has 3 aromatic rings. The number of carbonyl (C=O) groups excluding carboxylic acids is 1. The number of pyridine rings is 2. The highest BCUT2D eigenvalue weighted by Crippen LogP contribution is 2.32. The van der Waals surface area contributed by atoms with Crippen molar-refractivity contribution in [3.63, 3.8) is 0 Å². The number of ether oxygens (including phenoxy) is 2. The van der Waals surface area contributed by atoms with Crippen molar-refractivity contribution in [3.8, 4) is 17.0 Å². The molecule has 1 atom stereocenters. The van der Waals surface area contributed by atoms with E-state index in [1.807, 2.05) is 33.8 Å². The van der Waals surface area contributed by atoms with Crippen LogP contribution in [0.3, 0.4) is 0 Å². The van der Waals surface area contributed by atoms with E-state index in [1.165, 1.54) is 12.1 Å². The second kappa shape index (κ2) is 10.1. The van der Waals surface area contributed by atoms with E-state index in [4.69, 9.17) is 21.1 Å². The Morgan fingerprint density at radius 3 is 2.53 bits per heavy atom. The van der Waals surface area contributed by atoms with Crippen LogP contribution in [0.25, 0.3) is 22.0 Å². The summed E-state index contributed by atoms with van der Waals surface area (Å²) >= 11 is 6.51. The highest BCUT2D eigenvalue weighted by Gasteiger charge is 2.31. The van der Waals surface area contributed by atoms with E-state index in [0.29, 0.717) is 22.9 Å². The van der Waals surface area contributed by atoms with Gasteiger partial charge in [-0.15, -0.1) is 0 Å². The van der Waals surface area contributed by atoms with Gasteiger partial charge < -0.3 is 14.8 Å². The van der Waals surface area contributed by atoms with Gasteiger partial charge in [0, 0.05) is 29.4 Å². The molecule has 2 heterocycles. The Labute approximate surface area is 204 Å². The van der Waals surface area contributed by atoms with E-state index in [-0.39, 0.29) is 18.3 Å². The van der Waals surface area contributed by atoms with E-state index >= 15 is 0 Å². The molecule has 0 fully saturated rings. The Morgan fingerprint density at radius 2 is 1.88 bits per heavy atom. The fourth-order valence-corrected chi connectivity index (χ4v) is 4.10. The predicted molar refractivity (Wildman–Crippen MR) is 133 cm³/mol. The maximum Gasteiger partial charge on any atom is 0.408 e. The fourth-order valence-electron chi connectivity index (χ4n) is 3.88. The number of hydrogen-bond acceptors (Lipinski definition) is 5. The topological polar surface area (TPSA) is 73.3 Å². The number of nitrogens with zero attached hydrogens (tertiary/aromatic N) is 2. The van der Waals surface area contributed by atoms with Gasteiger partial charge in [-0.25, -0.2) is 14.2 Å². The Balaban J connectivity index is 1.80. The summed E-state index contributed by atoms with van der Waals surface area (Å²) in [6, 6.07) is 8.05. The van der Waals surface area contributed by atoms with Crippen molar-refractivity contribution in [1.82, 2.24) is 15.3 Å². The van der Waals surface area contributed by atoms with Crippen LogP contribution in [0.1, 0.15) is 48.0 Å². The van der Waals surface area contributed by atoms with Crippen molar-refractivity contribution in [1.29, 1.82) is 0 Å². The number of alkyl carbamates (subject to hydrolysis) is 1. The van der Waals surface area contributed by atoms with Crippen LogP contribution in [0.15, 0.2) is 42.7 Å². The molecule has 0 saturated carbocycles. The molecule has 0 saturated heterocycles. The maximum absolute atomic E-state index is 13.6. The minimum absolute atomic E-state index is 0.161. The molecule has 182 valence electrons. The van der Waals surface area contributed by atoms with Crippen LogP contribution in [-0.2, 0) is 4.74 Å². The van der Waals surface area contributed by atoms with E-state index in [2.05, 4.69) is 29.1 Å². The summed E-state index contributed by atoms with van der Waals surface area (Å²) < 4.78 is 25.0. The summed E-state index contributed by atoms with van der Waals surface area (Å²) in [6.45, 7) is 11.7. The van der Waals surface area contributed by atoms with Crippen molar-refractivity contribution in [2.24, 2.45) is 5.92 Å². The molecule has 6 nitrogen and oxygen atoms in total. The zero-order valence-corrected chi connectivity index (χ0v) is 21.2. The van der Waals surface area contributed by atoms with Crippen LogP contribution in [0, 0.1) is 11.7 Å². The molecule has 0 aliphatic carbocycles. The highest BCUT2D eigenvalue weighted by molar-refractivity contribution is 6.32. The van der Waals surface area contributed by atoms with Gasteiger partial charge in [0.2, 0.25) is 5.88 Å². The third-order valence-corrected chi connectivity index (χ3v) is 5.28. The molecule has 34 heavy (non-hydrogen) atoms. The molecule has 1 amide bonds. The Bertz CT molecular complexity index is 1180. The van der Waals surface area contributed by atoms with Gasteiger partial charge >= 0.3 is 6.09 Å².